The molecule has 0 aliphatic carbocycles. The van der Waals surface area contributed by atoms with E-state index >= 15 is 0 Å². The van der Waals surface area contributed by atoms with Crippen LogP contribution in [0.3, 0.4) is 0 Å². The van der Waals surface area contributed by atoms with Crippen LogP contribution in [0.15, 0.2) is 24.3 Å². The van der Waals surface area contributed by atoms with Gasteiger partial charge in [0.2, 0.25) is 0 Å². The number of rotatable bonds is 6. The molecule has 1 aliphatic rings. The van der Waals surface area contributed by atoms with Crippen LogP contribution in [-0.2, 0) is 4.74 Å². The highest BCUT2D eigenvalue weighted by molar-refractivity contribution is 5.35. The monoisotopic (exact) mass is 278 g/mol. The van der Waals surface area contributed by atoms with Crippen LogP contribution >= 0.6 is 0 Å². The minimum absolute atomic E-state index is 0.256. The molecular weight excluding hydrogens is 252 g/mol. The van der Waals surface area contributed by atoms with Gasteiger partial charge in [0.05, 0.1) is 19.8 Å². The van der Waals surface area contributed by atoms with Crippen LogP contribution in [0, 0.1) is 0 Å². The fraction of sp³-hybridized carbons (Fsp3) is 0.625. The Bertz CT molecular complexity index is 411. The van der Waals surface area contributed by atoms with Crippen molar-refractivity contribution in [3.63, 3.8) is 0 Å². The summed E-state index contributed by atoms with van der Waals surface area (Å²) < 4.78 is 11.2. The molecule has 1 heterocycles. The summed E-state index contributed by atoms with van der Waals surface area (Å²) in [7, 11) is 1.72. The average Bonchev–Trinajstić information content (AvgIpc) is 2.52. The summed E-state index contributed by atoms with van der Waals surface area (Å²) in [6, 6.07) is 8.41. The van der Waals surface area contributed by atoms with Crippen LogP contribution in [0.1, 0.15) is 25.5 Å². The molecule has 0 aromatic heterocycles. The number of para-hydroxylation sites is 1. The number of methoxy groups -OCH3 is 1. The maximum absolute atomic E-state index is 5.82. The van der Waals surface area contributed by atoms with Crippen LogP contribution in [0.4, 0.5) is 0 Å². The fourth-order valence-electron chi connectivity index (χ4n) is 2.63. The van der Waals surface area contributed by atoms with Gasteiger partial charge in [0.1, 0.15) is 5.75 Å². The molecule has 1 fully saturated rings. The Morgan fingerprint density at radius 1 is 1.45 bits per heavy atom. The van der Waals surface area contributed by atoms with E-state index in [1.165, 1.54) is 5.56 Å². The molecular formula is C16H26N2O2. The number of nitrogens with zero attached hydrogens (tertiary/aromatic N) is 1. The van der Waals surface area contributed by atoms with E-state index in [2.05, 4.69) is 30.1 Å². The average molecular weight is 278 g/mol. The zero-order valence-corrected chi connectivity index (χ0v) is 12.8. The molecule has 2 atom stereocenters. The zero-order chi connectivity index (χ0) is 14.4. The fourth-order valence-corrected chi connectivity index (χ4v) is 2.63. The van der Waals surface area contributed by atoms with E-state index in [1.807, 2.05) is 18.2 Å². The Hall–Kier alpha value is -1.10. The number of morpholine rings is 1. The molecule has 1 N–H and O–H groups in total. The van der Waals surface area contributed by atoms with Gasteiger partial charge in [-0.15, -0.1) is 0 Å². The second-order valence-corrected chi connectivity index (χ2v) is 5.26. The Morgan fingerprint density at radius 3 is 3.00 bits per heavy atom. The first-order valence-corrected chi connectivity index (χ1v) is 7.44. The number of hydrogen-bond donors (Lipinski definition) is 1. The topological polar surface area (TPSA) is 33.7 Å². The van der Waals surface area contributed by atoms with Crippen molar-refractivity contribution in [2.75, 3.05) is 39.9 Å². The normalized spacial score (nSPS) is 21.6. The van der Waals surface area contributed by atoms with Crippen LogP contribution in [0.2, 0.25) is 0 Å². The standard InChI is InChI=1S/C16H26N2O2/c1-4-18-9-10-20-14(12-18)11-17-13(2)15-7-5-6-8-16(15)19-3/h5-8,13-14,17H,4,9-12H2,1-3H3/t13-,14?/m1/s1. The first kappa shape index (κ1) is 15.3. The molecule has 1 aromatic carbocycles. The van der Waals surface area contributed by atoms with E-state index < -0.39 is 0 Å². The lowest BCUT2D eigenvalue weighted by atomic mass is 10.1. The maximum atomic E-state index is 5.82. The van der Waals surface area contributed by atoms with Crippen molar-refractivity contribution in [2.45, 2.75) is 26.0 Å². The van der Waals surface area contributed by atoms with Gasteiger partial charge in [-0.3, -0.25) is 4.90 Å². The third-order valence-corrected chi connectivity index (χ3v) is 3.93. The molecule has 4 heteroatoms. The second-order valence-electron chi connectivity index (χ2n) is 5.26. The number of likely N-dealkylation sites (N-methyl/N-ethyl adjacent to an activating group) is 1. The number of nitrogens with one attached hydrogen (secondary N) is 1. The summed E-state index contributed by atoms with van der Waals surface area (Å²) in [5.41, 5.74) is 1.19. The maximum Gasteiger partial charge on any atom is 0.123 e. The van der Waals surface area contributed by atoms with Gasteiger partial charge in [-0.25, -0.2) is 0 Å². The van der Waals surface area contributed by atoms with E-state index in [9.17, 15) is 0 Å². The van der Waals surface area contributed by atoms with Gasteiger partial charge in [-0.1, -0.05) is 25.1 Å². The highest BCUT2D eigenvalue weighted by Crippen LogP contribution is 2.24. The van der Waals surface area contributed by atoms with Crippen LogP contribution in [-0.4, -0.2) is 50.9 Å². The Labute approximate surface area is 122 Å². The van der Waals surface area contributed by atoms with Crippen molar-refractivity contribution in [1.29, 1.82) is 0 Å². The second kappa shape index (κ2) is 7.62. The molecule has 112 valence electrons. The van der Waals surface area contributed by atoms with Crippen molar-refractivity contribution >= 4 is 0 Å². The number of hydrogen-bond acceptors (Lipinski definition) is 4. The van der Waals surface area contributed by atoms with Crippen LogP contribution in [0.5, 0.6) is 5.75 Å². The smallest absolute Gasteiger partial charge is 0.123 e. The first-order valence-electron chi connectivity index (χ1n) is 7.44. The van der Waals surface area contributed by atoms with E-state index in [1.54, 1.807) is 7.11 Å². The Kier molecular flexibility index (Phi) is 5.83. The van der Waals surface area contributed by atoms with Crippen molar-refractivity contribution in [1.82, 2.24) is 10.2 Å². The Morgan fingerprint density at radius 2 is 2.25 bits per heavy atom. The van der Waals surface area contributed by atoms with Crippen molar-refractivity contribution in [3.05, 3.63) is 29.8 Å². The SMILES string of the molecule is CCN1CCOC(CN[C@H](C)c2ccccc2OC)C1. The quantitative estimate of drug-likeness (QED) is 0.863. The van der Waals surface area contributed by atoms with Crippen molar-refractivity contribution < 1.29 is 9.47 Å². The highest BCUT2D eigenvalue weighted by Gasteiger charge is 2.20. The van der Waals surface area contributed by atoms with Crippen molar-refractivity contribution in [2.24, 2.45) is 0 Å². The molecule has 1 saturated heterocycles. The van der Waals surface area contributed by atoms with Gasteiger partial charge in [0, 0.05) is 31.2 Å². The van der Waals surface area contributed by atoms with Crippen LogP contribution in [0.25, 0.3) is 0 Å². The van der Waals surface area contributed by atoms with Crippen LogP contribution < -0.4 is 10.1 Å². The Balaban J connectivity index is 1.87. The van der Waals surface area contributed by atoms with Gasteiger partial charge in [-0.2, -0.15) is 0 Å². The summed E-state index contributed by atoms with van der Waals surface area (Å²) in [5.74, 6) is 0.937. The highest BCUT2D eigenvalue weighted by atomic mass is 16.5. The molecule has 1 aliphatic heterocycles. The number of ether oxygens (including phenoxy) is 2. The molecule has 0 amide bonds. The van der Waals surface area contributed by atoms with Crippen molar-refractivity contribution in [3.8, 4) is 5.75 Å². The van der Waals surface area contributed by atoms with Gasteiger partial charge >= 0.3 is 0 Å². The molecule has 4 nitrogen and oxygen atoms in total. The van der Waals surface area contributed by atoms with Gasteiger partial charge in [-0.05, 0) is 19.5 Å². The summed E-state index contributed by atoms with van der Waals surface area (Å²) >= 11 is 0. The lowest BCUT2D eigenvalue weighted by Gasteiger charge is -2.33. The summed E-state index contributed by atoms with van der Waals surface area (Å²) in [4.78, 5) is 2.43. The molecule has 0 radical (unpaired) electrons. The summed E-state index contributed by atoms with van der Waals surface area (Å²) in [6.07, 6.45) is 0.279. The molecule has 0 saturated carbocycles. The predicted molar refractivity (Wildman–Crippen MR) is 81.3 cm³/mol. The molecule has 0 spiro atoms. The van der Waals surface area contributed by atoms with Gasteiger partial charge < -0.3 is 14.8 Å². The van der Waals surface area contributed by atoms with E-state index in [0.29, 0.717) is 0 Å². The third kappa shape index (κ3) is 3.95. The number of benzene rings is 1. The largest absolute Gasteiger partial charge is 0.496 e. The minimum atomic E-state index is 0.256. The first-order chi connectivity index (χ1) is 9.74. The minimum Gasteiger partial charge on any atom is -0.496 e. The van der Waals surface area contributed by atoms with E-state index in [4.69, 9.17) is 9.47 Å². The molecule has 0 bridgehead atoms. The summed E-state index contributed by atoms with van der Waals surface area (Å²) in [5, 5.41) is 3.56. The molecule has 1 aromatic rings. The predicted octanol–water partition coefficient (Wildman–Crippen LogP) is 2.07. The molecule has 20 heavy (non-hydrogen) atoms. The zero-order valence-electron chi connectivity index (χ0n) is 12.8. The lowest BCUT2D eigenvalue weighted by Crippen LogP contribution is -2.46. The molecule has 1 unspecified atom stereocenters. The van der Waals surface area contributed by atoms with E-state index in [-0.39, 0.29) is 12.1 Å². The third-order valence-electron chi connectivity index (χ3n) is 3.93. The van der Waals surface area contributed by atoms with Gasteiger partial charge in [0.15, 0.2) is 0 Å². The van der Waals surface area contributed by atoms with E-state index in [0.717, 1.165) is 38.5 Å². The van der Waals surface area contributed by atoms with Gasteiger partial charge in [0.25, 0.3) is 0 Å². The molecule has 2 rings (SSSR count). The summed E-state index contributed by atoms with van der Waals surface area (Å²) in [6.45, 7) is 9.24. The lowest BCUT2D eigenvalue weighted by molar-refractivity contribution is -0.0262.